The Balaban J connectivity index is 1.32. The van der Waals surface area contributed by atoms with Crippen LogP contribution in [0.5, 0.6) is 0 Å². The predicted molar refractivity (Wildman–Crippen MR) is 156 cm³/mol. The fraction of sp³-hybridized carbons (Fsp3) is 0.0882. The minimum Gasteiger partial charge on any atom is -0.326 e. The van der Waals surface area contributed by atoms with Gasteiger partial charge in [-0.1, -0.05) is 23.7 Å². The number of nitrogens with one attached hydrogen (secondary N) is 1. The van der Waals surface area contributed by atoms with Crippen molar-refractivity contribution in [1.29, 1.82) is 0 Å². The monoisotopic (exact) mass is 519 g/mol. The number of aromatic nitrogens is 4. The van der Waals surface area contributed by atoms with Gasteiger partial charge in [-0.25, -0.2) is 0 Å². The van der Waals surface area contributed by atoms with Gasteiger partial charge in [-0.05, 0) is 91.2 Å². The van der Waals surface area contributed by atoms with E-state index >= 15 is 0 Å². The summed E-state index contributed by atoms with van der Waals surface area (Å²) in [5, 5.41) is 3.02. The number of rotatable bonds is 5. The first-order valence-corrected chi connectivity index (χ1v) is 12.8. The van der Waals surface area contributed by atoms with Crippen molar-refractivity contribution in [2.75, 3.05) is 5.32 Å². The molecule has 0 atom stereocenters. The lowest BCUT2D eigenvalue weighted by molar-refractivity contribution is -0.116. The first kappa shape index (κ1) is 26.0. The molecule has 40 heavy (non-hydrogen) atoms. The molecule has 0 aliphatic carbocycles. The highest BCUT2D eigenvalue weighted by Crippen LogP contribution is 2.18. The Morgan fingerprint density at radius 3 is 1.90 bits per heavy atom. The molecule has 0 spiro atoms. The highest BCUT2D eigenvalue weighted by atomic mass is 16.1. The molecule has 4 heterocycles. The average Bonchev–Trinajstić information content (AvgIpc) is 2.99. The number of benzene rings is 1. The van der Waals surface area contributed by atoms with Crippen LogP contribution in [0.15, 0.2) is 104 Å². The first-order valence-electron chi connectivity index (χ1n) is 12.8. The molecule has 5 rings (SSSR count). The molecule has 0 saturated carbocycles. The summed E-state index contributed by atoms with van der Waals surface area (Å²) in [6, 6.07) is 20.9. The lowest BCUT2D eigenvalue weighted by Gasteiger charge is -2.08. The Morgan fingerprint density at radius 1 is 0.700 bits per heavy atom. The topological polar surface area (TPSA) is 80.7 Å². The van der Waals surface area contributed by atoms with Crippen molar-refractivity contribution in [1.82, 2.24) is 19.9 Å². The number of pyridine rings is 4. The van der Waals surface area contributed by atoms with Gasteiger partial charge in [0.15, 0.2) is 0 Å². The van der Waals surface area contributed by atoms with Gasteiger partial charge >= 0.3 is 0 Å². The van der Waals surface area contributed by atoms with Gasteiger partial charge < -0.3 is 5.32 Å². The molecule has 192 valence electrons. The second-order valence-corrected chi connectivity index (χ2v) is 9.10. The van der Waals surface area contributed by atoms with Crippen molar-refractivity contribution < 1.29 is 4.79 Å². The van der Waals surface area contributed by atoms with Crippen molar-refractivity contribution in [2.24, 2.45) is 0 Å². The van der Waals surface area contributed by atoms with Gasteiger partial charge in [-0.3, -0.25) is 24.7 Å². The molecule has 1 amide bonds. The van der Waals surface area contributed by atoms with Crippen LogP contribution >= 0.6 is 0 Å². The van der Waals surface area contributed by atoms with E-state index in [0.717, 1.165) is 44.8 Å². The Kier molecular flexibility index (Phi) is 8.32. The van der Waals surface area contributed by atoms with Crippen molar-refractivity contribution in [3.8, 4) is 35.1 Å². The summed E-state index contributed by atoms with van der Waals surface area (Å²) in [4.78, 5) is 30.0. The number of amides is 1. The van der Waals surface area contributed by atoms with Gasteiger partial charge in [-0.15, -0.1) is 0 Å². The van der Waals surface area contributed by atoms with E-state index in [1.165, 1.54) is 0 Å². The second kappa shape index (κ2) is 12.8. The third kappa shape index (κ3) is 7.47. The maximum absolute atomic E-state index is 12.9. The fourth-order valence-electron chi connectivity index (χ4n) is 3.93. The molecule has 0 fully saturated rings. The molecule has 4 aromatic heterocycles. The maximum Gasteiger partial charge on any atom is 0.224 e. The van der Waals surface area contributed by atoms with Gasteiger partial charge in [0.1, 0.15) is 0 Å². The van der Waals surface area contributed by atoms with E-state index in [9.17, 15) is 4.79 Å². The van der Waals surface area contributed by atoms with Crippen molar-refractivity contribution in [3.63, 3.8) is 0 Å². The van der Waals surface area contributed by atoms with E-state index < -0.39 is 0 Å². The predicted octanol–water partition coefficient (Wildman–Crippen LogP) is 5.61. The molecular formula is C34H25N5O. The number of carbonyl (C=O) groups is 1. The zero-order valence-electron chi connectivity index (χ0n) is 21.9. The van der Waals surface area contributed by atoms with Crippen LogP contribution in [0.2, 0.25) is 0 Å². The largest absolute Gasteiger partial charge is 0.326 e. The summed E-state index contributed by atoms with van der Waals surface area (Å²) in [5.41, 5.74) is 7.46. The first-order chi connectivity index (χ1) is 19.6. The van der Waals surface area contributed by atoms with E-state index in [1.807, 2.05) is 73.7 Å². The van der Waals surface area contributed by atoms with Crippen LogP contribution in [0.4, 0.5) is 5.69 Å². The van der Waals surface area contributed by atoms with Crippen LogP contribution in [0.25, 0.3) is 11.4 Å². The van der Waals surface area contributed by atoms with Gasteiger partial charge in [0, 0.05) is 71.5 Å². The minimum absolute atomic E-state index is 0.101. The molecule has 1 N–H and O–H groups in total. The number of anilines is 1. The number of aryl methyl sites for hydroxylation is 2. The molecule has 1 aromatic carbocycles. The summed E-state index contributed by atoms with van der Waals surface area (Å²) in [6.45, 7) is 2.02. The van der Waals surface area contributed by atoms with Gasteiger partial charge in [-0.2, -0.15) is 0 Å². The third-order valence-corrected chi connectivity index (χ3v) is 5.89. The van der Waals surface area contributed by atoms with E-state index in [-0.39, 0.29) is 5.91 Å². The van der Waals surface area contributed by atoms with E-state index in [1.54, 1.807) is 37.2 Å². The van der Waals surface area contributed by atoms with Crippen LogP contribution in [-0.2, 0) is 11.2 Å². The molecular weight excluding hydrogens is 494 g/mol. The summed E-state index contributed by atoms with van der Waals surface area (Å²) in [6.07, 6.45) is 11.2. The Morgan fingerprint density at radius 2 is 1.30 bits per heavy atom. The summed E-state index contributed by atoms with van der Waals surface area (Å²) < 4.78 is 0. The van der Waals surface area contributed by atoms with Gasteiger partial charge in [0.2, 0.25) is 5.91 Å². The van der Waals surface area contributed by atoms with Crippen LogP contribution in [0.3, 0.4) is 0 Å². The second-order valence-electron chi connectivity index (χ2n) is 9.10. The fourth-order valence-corrected chi connectivity index (χ4v) is 3.93. The van der Waals surface area contributed by atoms with Crippen LogP contribution in [0, 0.1) is 30.6 Å². The smallest absolute Gasteiger partial charge is 0.224 e. The summed E-state index contributed by atoms with van der Waals surface area (Å²) in [5.74, 6) is 12.5. The molecule has 5 aromatic rings. The molecule has 6 heteroatoms. The zero-order valence-corrected chi connectivity index (χ0v) is 21.9. The Hall–Kier alpha value is -5.59. The van der Waals surface area contributed by atoms with E-state index in [0.29, 0.717) is 18.5 Å². The van der Waals surface area contributed by atoms with Gasteiger partial charge in [0.25, 0.3) is 0 Å². The molecule has 0 bridgehead atoms. The van der Waals surface area contributed by atoms with Gasteiger partial charge in [0.05, 0.1) is 11.4 Å². The van der Waals surface area contributed by atoms with E-state index in [4.69, 9.17) is 0 Å². The SMILES string of the molecule is Cc1ccnc(-c2cc(CCC(=O)Nc3cc(C#Cc4cccnc4)cc(C#Cc4cccnc4)c3)ccn2)c1. The third-order valence-electron chi connectivity index (χ3n) is 5.89. The minimum atomic E-state index is -0.101. The highest BCUT2D eigenvalue weighted by Gasteiger charge is 2.08. The van der Waals surface area contributed by atoms with E-state index in [2.05, 4.69) is 48.9 Å². The molecule has 0 aliphatic rings. The maximum atomic E-state index is 12.9. The Labute approximate surface area is 233 Å². The molecule has 0 radical (unpaired) electrons. The molecule has 0 aliphatic heterocycles. The van der Waals surface area contributed by atoms with Crippen LogP contribution < -0.4 is 5.32 Å². The average molecular weight is 520 g/mol. The lowest BCUT2D eigenvalue weighted by Crippen LogP contribution is -2.12. The highest BCUT2D eigenvalue weighted by molar-refractivity contribution is 5.91. The van der Waals surface area contributed by atoms with Crippen LogP contribution in [0.1, 0.15) is 39.8 Å². The standard InChI is InChI=1S/C34H25N5O/c1-25-12-16-37-32(18-25)33-22-26(13-17-38-33)10-11-34(40)39-31-20-29(8-6-27-4-2-14-35-23-27)19-30(21-31)9-7-28-5-3-15-36-24-28/h2-5,12-24H,10-11H2,1H3,(H,39,40). The normalized spacial score (nSPS) is 10.0. The number of hydrogen-bond acceptors (Lipinski definition) is 5. The Bertz CT molecular complexity index is 1690. The molecule has 0 unspecified atom stereocenters. The van der Waals surface area contributed by atoms with Crippen molar-refractivity contribution in [2.45, 2.75) is 19.8 Å². The molecule has 0 saturated heterocycles. The number of hydrogen-bond donors (Lipinski definition) is 1. The number of carbonyl (C=O) groups excluding carboxylic acids is 1. The zero-order chi connectivity index (χ0) is 27.6. The molecule has 6 nitrogen and oxygen atoms in total. The summed E-state index contributed by atoms with van der Waals surface area (Å²) in [7, 11) is 0. The quantitative estimate of drug-likeness (QED) is 0.305. The lowest BCUT2D eigenvalue weighted by atomic mass is 10.1. The summed E-state index contributed by atoms with van der Waals surface area (Å²) >= 11 is 0. The number of nitrogens with zero attached hydrogens (tertiary/aromatic N) is 4. The van der Waals surface area contributed by atoms with Crippen molar-refractivity contribution in [3.05, 3.63) is 137 Å². The van der Waals surface area contributed by atoms with Crippen molar-refractivity contribution >= 4 is 11.6 Å². The van der Waals surface area contributed by atoms with Crippen LogP contribution in [-0.4, -0.2) is 25.8 Å².